The Kier molecular flexibility index (Phi) is 4.46. The molecule has 0 spiro atoms. The van der Waals surface area contributed by atoms with Crippen LogP contribution in [0.3, 0.4) is 0 Å². The van der Waals surface area contributed by atoms with E-state index in [0.29, 0.717) is 29.2 Å². The molecule has 23 heavy (non-hydrogen) atoms. The van der Waals surface area contributed by atoms with Gasteiger partial charge in [-0.3, -0.25) is 14.9 Å². The zero-order valence-corrected chi connectivity index (χ0v) is 12.8. The number of nitro benzene ring substituents is 1. The Morgan fingerprint density at radius 2 is 2.22 bits per heavy atom. The second kappa shape index (κ2) is 6.52. The number of carbonyl (C=O) groups is 1. The number of carbonyl (C=O) groups excluding carboxylic acids is 1. The van der Waals surface area contributed by atoms with Gasteiger partial charge in [-0.2, -0.15) is 0 Å². The molecule has 0 radical (unpaired) electrons. The van der Waals surface area contributed by atoms with Crippen molar-refractivity contribution < 1.29 is 28.5 Å². The number of ether oxygens (including phenoxy) is 3. The topological polar surface area (TPSA) is 114 Å². The first-order valence-corrected chi connectivity index (χ1v) is 7.59. The average molecular weight is 340 g/mol. The highest BCUT2D eigenvalue weighted by Gasteiger charge is 2.28. The Labute approximate surface area is 134 Å². The van der Waals surface area contributed by atoms with E-state index in [9.17, 15) is 14.9 Å². The molecule has 1 aromatic heterocycles. The van der Waals surface area contributed by atoms with E-state index in [1.54, 1.807) is 0 Å². The van der Waals surface area contributed by atoms with Gasteiger partial charge in [0.05, 0.1) is 42.5 Å². The van der Waals surface area contributed by atoms with Crippen LogP contribution in [0.5, 0.6) is 0 Å². The number of thioether (sulfide) groups is 1. The molecule has 1 aliphatic rings. The first kappa shape index (κ1) is 15.7. The number of esters is 1. The number of nitrogens with zero attached hydrogens (tertiary/aromatic N) is 2. The number of hydrogen-bond donors (Lipinski definition) is 0. The van der Waals surface area contributed by atoms with E-state index >= 15 is 0 Å². The molecule has 0 N–H and O–H groups in total. The summed E-state index contributed by atoms with van der Waals surface area (Å²) in [6, 6.07) is 2.65. The smallest absolute Gasteiger partial charge is 0.315 e. The summed E-state index contributed by atoms with van der Waals surface area (Å²) in [5, 5.41) is 15.5. The van der Waals surface area contributed by atoms with E-state index in [0.717, 1.165) is 11.8 Å². The van der Waals surface area contributed by atoms with Crippen LogP contribution in [0.25, 0.3) is 11.0 Å². The maximum Gasteiger partial charge on any atom is 0.315 e. The Bertz CT molecular complexity index is 754. The maximum absolute atomic E-state index is 11.4. The average Bonchev–Trinajstić information content (AvgIpc) is 3.20. The molecule has 0 unspecified atom stereocenters. The number of nitro groups is 1. The normalized spacial score (nSPS) is 15.2. The fourth-order valence-electron chi connectivity index (χ4n) is 2.14. The van der Waals surface area contributed by atoms with Gasteiger partial charge in [-0.25, -0.2) is 0 Å². The predicted octanol–water partition coefficient (Wildman–Crippen LogP) is 2.05. The number of rotatable bonds is 5. The Morgan fingerprint density at radius 3 is 2.87 bits per heavy atom. The molecule has 1 fully saturated rings. The fourth-order valence-corrected chi connectivity index (χ4v) is 3.08. The fraction of sp³-hybridized carbons (Fsp3) is 0.385. The van der Waals surface area contributed by atoms with Crippen molar-refractivity contribution >= 4 is 34.4 Å². The molecule has 0 saturated carbocycles. The van der Waals surface area contributed by atoms with Crippen LogP contribution >= 0.6 is 11.8 Å². The van der Waals surface area contributed by atoms with Gasteiger partial charge in [0.25, 0.3) is 5.69 Å². The van der Waals surface area contributed by atoms with Crippen molar-refractivity contribution in [1.29, 1.82) is 0 Å². The van der Waals surface area contributed by atoms with Gasteiger partial charge in [0.2, 0.25) is 6.29 Å². The summed E-state index contributed by atoms with van der Waals surface area (Å²) >= 11 is 1.10. The molecule has 122 valence electrons. The summed E-state index contributed by atoms with van der Waals surface area (Å²) in [4.78, 5) is 22.3. The van der Waals surface area contributed by atoms with Gasteiger partial charge in [0, 0.05) is 11.0 Å². The number of fused-ring (bicyclic) bond motifs is 1. The quantitative estimate of drug-likeness (QED) is 0.349. The van der Waals surface area contributed by atoms with E-state index in [1.165, 1.54) is 19.2 Å². The van der Waals surface area contributed by atoms with Gasteiger partial charge in [0.15, 0.2) is 5.58 Å². The highest BCUT2D eigenvalue weighted by atomic mass is 32.2. The van der Waals surface area contributed by atoms with Crippen molar-refractivity contribution in [3.05, 3.63) is 27.9 Å². The summed E-state index contributed by atoms with van der Waals surface area (Å²) in [6.45, 7) is 0.854. The van der Waals surface area contributed by atoms with Gasteiger partial charge in [-0.1, -0.05) is 5.16 Å². The van der Waals surface area contributed by atoms with Gasteiger partial charge in [-0.05, 0) is 0 Å². The summed E-state index contributed by atoms with van der Waals surface area (Å²) in [5.74, 6) is -0.440. The first-order valence-electron chi connectivity index (χ1n) is 6.60. The van der Waals surface area contributed by atoms with Crippen molar-refractivity contribution in [2.75, 3.05) is 26.1 Å². The summed E-state index contributed by atoms with van der Waals surface area (Å²) in [7, 11) is 1.27. The van der Waals surface area contributed by atoms with Crippen LogP contribution in [0.2, 0.25) is 0 Å². The molecule has 1 aromatic carbocycles. The lowest BCUT2D eigenvalue weighted by Gasteiger charge is -2.07. The van der Waals surface area contributed by atoms with Crippen molar-refractivity contribution in [1.82, 2.24) is 5.16 Å². The highest BCUT2D eigenvalue weighted by molar-refractivity contribution is 8.00. The van der Waals surface area contributed by atoms with Crippen LogP contribution in [0.1, 0.15) is 12.0 Å². The van der Waals surface area contributed by atoms with Crippen LogP contribution in [0, 0.1) is 10.1 Å². The minimum Gasteiger partial charge on any atom is -0.468 e. The minimum atomic E-state index is -0.685. The number of benzene rings is 1. The van der Waals surface area contributed by atoms with E-state index in [4.69, 9.17) is 14.0 Å². The van der Waals surface area contributed by atoms with Gasteiger partial charge >= 0.3 is 5.97 Å². The molecule has 10 heteroatoms. The number of methoxy groups -OCH3 is 1. The zero-order chi connectivity index (χ0) is 16.4. The van der Waals surface area contributed by atoms with Gasteiger partial charge in [-0.15, -0.1) is 11.8 Å². The monoisotopic (exact) mass is 340 g/mol. The molecule has 9 nitrogen and oxygen atoms in total. The van der Waals surface area contributed by atoms with Gasteiger partial charge in [0.1, 0.15) is 5.69 Å². The Hall–Kier alpha value is -2.17. The molecule has 2 aromatic rings. The predicted molar refractivity (Wildman–Crippen MR) is 78.0 cm³/mol. The van der Waals surface area contributed by atoms with E-state index in [2.05, 4.69) is 9.89 Å². The van der Waals surface area contributed by atoms with Crippen LogP contribution in [0.4, 0.5) is 5.69 Å². The van der Waals surface area contributed by atoms with Crippen molar-refractivity contribution in [2.45, 2.75) is 11.2 Å². The van der Waals surface area contributed by atoms with Crippen molar-refractivity contribution in [3.63, 3.8) is 0 Å². The van der Waals surface area contributed by atoms with Crippen LogP contribution in [0.15, 0.2) is 21.6 Å². The third kappa shape index (κ3) is 3.14. The Balaban J connectivity index is 2.05. The number of hydrogen-bond acceptors (Lipinski definition) is 9. The maximum atomic E-state index is 11.4. The highest BCUT2D eigenvalue weighted by Crippen LogP contribution is 2.38. The lowest BCUT2D eigenvalue weighted by Crippen LogP contribution is -2.04. The third-order valence-electron chi connectivity index (χ3n) is 3.18. The molecule has 0 bridgehead atoms. The van der Waals surface area contributed by atoms with Crippen LogP contribution in [-0.4, -0.2) is 42.1 Å². The lowest BCUT2D eigenvalue weighted by atomic mass is 10.2. The van der Waals surface area contributed by atoms with Crippen molar-refractivity contribution in [3.8, 4) is 0 Å². The molecule has 1 saturated heterocycles. The van der Waals surface area contributed by atoms with Crippen LogP contribution in [-0.2, 0) is 19.0 Å². The SMILES string of the molecule is COC(=O)CSc1cc([N+](=O)[O-])cc2onc(C3OCCO3)c12. The molecular formula is C13H12N2O7S. The molecule has 2 heterocycles. The molecule has 1 aliphatic heterocycles. The largest absolute Gasteiger partial charge is 0.468 e. The number of aromatic nitrogens is 1. The molecular weight excluding hydrogens is 328 g/mol. The molecule has 0 atom stereocenters. The standard InChI is InChI=1S/C13H12N2O7S/c1-19-10(16)6-23-9-5-7(15(17)18)4-8-11(9)12(14-22-8)13-20-2-3-21-13/h4-5,13H,2-3,6H2,1H3. The van der Waals surface area contributed by atoms with Gasteiger partial charge < -0.3 is 18.7 Å². The van der Waals surface area contributed by atoms with E-state index < -0.39 is 17.2 Å². The number of non-ortho nitro benzene ring substituents is 1. The molecule has 3 rings (SSSR count). The summed E-state index contributed by atoms with van der Waals surface area (Å²) in [5.41, 5.74) is 0.487. The second-order valence-electron chi connectivity index (χ2n) is 4.58. The van der Waals surface area contributed by atoms with E-state index in [1.807, 2.05) is 0 Å². The zero-order valence-electron chi connectivity index (χ0n) is 12.0. The van der Waals surface area contributed by atoms with Crippen LogP contribution < -0.4 is 0 Å². The van der Waals surface area contributed by atoms with Crippen molar-refractivity contribution in [2.24, 2.45) is 0 Å². The second-order valence-corrected chi connectivity index (χ2v) is 5.60. The summed E-state index contributed by atoms with van der Waals surface area (Å²) < 4.78 is 20.6. The minimum absolute atomic E-state index is 0.00374. The van der Waals surface area contributed by atoms with E-state index in [-0.39, 0.29) is 17.0 Å². The molecule has 0 aliphatic carbocycles. The lowest BCUT2D eigenvalue weighted by molar-refractivity contribution is -0.385. The third-order valence-corrected chi connectivity index (χ3v) is 4.19. The summed E-state index contributed by atoms with van der Waals surface area (Å²) in [6.07, 6.45) is -0.685. The Morgan fingerprint density at radius 1 is 1.48 bits per heavy atom. The molecule has 0 amide bonds. The first-order chi connectivity index (χ1) is 11.1.